The molecule has 10 heteroatoms. The summed E-state index contributed by atoms with van der Waals surface area (Å²) in [5.74, 6) is -0.802. The lowest BCUT2D eigenvalue weighted by Crippen LogP contribution is -2.38. The van der Waals surface area contributed by atoms with Crippen LogP contribution in [0.15, 0.2) is 59.8 Å². The third-order valence-electron chi connectivity index (χ3n) is 6.87. The molecule has 1 saturated heterocycles. The number of pyridine rings is 1. The maximum atomic E-state index is 14.2. The number of rotatable bonds is 4. The predicted octanol–water partition coefficient (Wildman–Crippen LogP) is 5.79. The Morgan fingerprint density at radius 2 is 2.00 bits per heavy atom. The fourth-order valence-corrected chi connectivity index (χ4v) is 5.12. The van der Waals surface area contributed by atoms with E-state index in [0.717, 1.165) is 34.7 Å². The molecule has 0 spiro atoms. The van der Waals surface area contributed by atoms with E-state index >= 15 is 0 Å². The zero-order valence-electron chi connectivity index (χ0n) is 20.3. The Kier molecular flexibility index (Phi) is 5.58. The molecule has 1 unspecified atom stereocenters. The van der Waals surface area contributed by atoms with E-state index in [1.165, 1.54) is 11.0 Å². The Hall–Kier alpha value is -4.34. The Morgan fingerprint density at radius 3 is 2.78 bits per heavy atom. The van der Waals surface area contributed by atoms with Crippen molar-refractivity contribution in [2.45, 2.75) is 45.6 Å². The lowest BCUT2D eigenvalue weighted by molar-refractivity contribution is -0.120. The summed E-state index contributed by atoms with van der Waals surface area (Å²) in [6.45, 7) is 3.80. The van der Waals surface area contributed by atoms with Gasteiger partial charge in [0.05, 0.1) is 17.4 Å². The van der Waals surface area contributed by atoms with E-state index in [4.69, 9.17) is 9.82 Å². The normalized spacial score (nSPS) is 18.4. The van der Waals surface area contributed by atoms with E-state index in [2.05, 4.69) is 15.1 Å². The van der Waals surface area contributed by atoms with Gasteiger partial charge in [0.1, 0.15) is 17.1 Å². The smallest absolute Gasteiger partial charge is 0.227 e. The average Bonchev–Trinajstić information content (AvgIpc) is 3.54. The van der Waals surface area contributed by atoms with Crippen LogP contribution in [0, 0.1) is 11.6 Å². The molecule has 0 radical (unpaired) electrons. The second-order valence-electron chi connectivity index (χ2n) is 9.33. The first-order valence-corrected chi connectivity index (χ1v) is 12.1. The minimum atomic E-state index is -1.00. The van der Waals surface area contributed by atoms with Crippen LogP contribution in [0.4, 0.5) is 14.5 Å². The zero-order valence-corrected chi connectivity index (χ0v) is 20.3. The third-order valence-corrected chi connectivity index (χ3v) is 6.87. The first kappa shape index (κ1) is 23.1. The highest BCUT2D eigenvalue weighted by molar-refractivity contribution is 5.95. The minimum absolute atomic E-state index is 0.166. The topological polar surface area (TPSA) is 87.9 Å². The van der Waals surface area contributed by atoms with Gasteiger partial charge in [0, 0.05) is 48.8 Å². The number of nitrogens with zero attached hydrogens (tertiary/aromatic N) is 5. The number of piperidine rings is 1. The van der Waals surface area contributed by atoms with Crippen molar-refractivity contribution in [1.29, 1.82) is 0 Å². The molecular weight excluding hydrogens is 478 g/mol. The molecule has 1 aromatic carbocycles. The van der Waals surface area contributed by atoms with E-state index in [0.29, 0.717) is 54.2 Å². The number of fused-ring (bicyclic) bond motifs is 1. The number of nitrogens with one attached hydrogen (secondary N) is 1. The number of carbonyl (C=O) groups excluding carboxylic acids is 1. The molecule has 8 nitrogen and oxygen atoms in total. The predicted molar refractivity (Wildman–Crippen MR) is 135 cm³/mol. The number of H-pyrrole nitrogens is 1. The zero-order chi connectivity index (χ0) is 25.7. The van der Waals surface area contributed by atoms with Crippen molar-refractivity contribution in [3.63, 3.8) is 0 Å². The van der Waals surface area contributed by atoms with Gasteiger partial charge < -0.3 is 14.7 Å². The monoisotopic (exact) mass is 502 g/mol. The molecule has 2 aliphatic rings. The molecule has 0 saturated carbocycles. The number of hydrogen-bond donors (Lipinski definition) is 1. The average molecular weight is 503 g/mol. The maximum absolute atomic E-state index is 14.2. The van der Waals surface area contributed by atoms with Gasteiger partial charge in [-0.2, -0.15) is 0 Å². The first-order valence-electron chi connectivity index (χ1n) is 12.1. The van der Waals surface area contributed by atoms with Crippen molar-refractivity contribution >= 4 is 28.5 Å². The Balaban J connectivity index is 1.52. The van der Waals surface area contributed by atoms with Crippen LogP contribution in [0.3, 0.4) is 0 Å². The van der Waals surface area contributed by atoms with Crippen LogP contribution in [-0.4, -0.2) is 31.0 Å². The van der Waals surface area contributed by atoms with E-state index in [-0.39, 0.29) is 5.91 Å². The summed E-state index contributed by atoms with van der Waals surface area (Å²) in [5, 5.41) is 4.06. The number of anilines is 1. The molecule has 1 fully saturated rings. The number of imidazole rings is 2. The molecule has 3 aromatic heterocycles. The number of aromatic nitrogens is 4. The van der Waals surface area contributed by atoms with Crippen LogP contribution in [0.1, 0.15) is 56.8 Å². The summed E-state index contributed by atoms with van der Waals surface area (Å²) in [5.41, 5.74) is 5.17. The second kappa shape index (κ2) is 8.95. The standard InChI is InChI=1S/C27H24F2N6O2/c1-15-12-19(16(2)37-33-15)17-8-11-34-23(13-17)32-25(26(34)27-30-9-10-31-27)22-4-3-5-24(36)35(22)18-6-7-20(28)21(29)14-18/h6-11,13-14,22H,3-5,12H2,1-2H3,(H,30,31). The summed E-state index contributed by atoms with van der Waals surface area (Å²) in [7, 11) is 0. The van der Waals surface area contributed by atoms with Crippen molar-refractivity contribution in [3.8, 4) is 11.5 Å². The lowest BCUT2D eigenvalue weighted by Gasteiger charge is -2.35. The largest absolute Gasteiger partial charge is 0.362 e. The van der Waals surface area contributed by atoms with Gasteiger partial charge in [-0.05, 0) is 56.5 Å². The molecule has 5 heterocycles. The van der Waals surface area contributed by atoms with Crippen LogP contribution >= 0.6 is 0 Å². The molecule has 0 aliphatic carbocycles. The summed E-state index contributed by atoms with van der Waals surface area (Å²) in [6.07, 6.45) is 7.56. The van der Waals surface area contributed by atoms with E-state index in [1.807, 2.05) is 36.6 Å². The molecule has 0 bridgehead atoms. The fraction of sp³-hybridized carbons (Fsp3) is 0.259. The van der Waals surface area contributed by atoms with Crippen molar-refractivity contribution in [1.82, 2.24) is 19.4 Å². The number of oxime groups is 1. The Bertz CT molecular complexity index is 1590. The minimum Gasteiger partial charge on any atom is -0.362 e. The summed E-state index contributed by atoms with van der Waals surface area (Å²) in [4.78, 5) is 32.7. The summed E-state index contributed by atoms with van der Waals surface area (Å²) in [6, 6.07) is 7.02. The van der Waals surface area contributed by atoms with Gasteiger partial charge in [-0.15, -0.1) is 0 Å². The molecule has 4 aromatic rings. The van der Waals surface area contributed by atoms with Crippen molar-refractivity contribution < 1.29 is 18.4 Å². The molecule has 37 heavy (non-hydrogen) atoms. The maximum Gasteiger partial charge on any atom is 0.227 e. The molecule has 1 N–H and O–H groups in total. The van der Waals surface area contributed by atoms with E-state index in [9.17, 15) is 13.6 Å². The first-order chi connectivity index (χ1) is 17.9. The number of benzene rings is 1. The lowest BCUT2D eigenvalue weighted by atomic mass is 9.96. The number of aromatic amines is 1. The fourth-order valence-electron chi connectivity index (χ4n) is 5.12. The highest BCUT2D eigenvalue weighted by atomic mass is 19.2. The highest BCUT2D eigenvalue weighted by Gasteiger charge is 2.35. The number of hydrogen-bond acceptors (Lipinski definition) is 5. The number of halogens is 2. The van der Waals surface area contributed by atoms with Crippen molar-refractivity contribution in [2.75, 3.05) is 4.90 Å². The number of carbonyl (C=O) groups is 1. The SMILES string of the molecule is CC1=NOC(C)=C(c2ccn3c(-c4ncc[nH]4)c(C4CCCC(=O)N4c4ccc(F)c(F)c4)nc3c2)C1. The van der Waals surface area contributed by atoms with Gasteiger partial charge in [-0.1, -0.05) is 5.16 Å². The third kappa shape index (κ3) is 3.98. The summed E-state index contributed by atoms with van der Waals surface area (Å²) >= 11 is 0. The van der Waals surface area contributed by atoms with Gasteiger partial charge in [-0.25, -0.2) is 18.7 Å². The van der Waals surface area contributed by atoms with Gasteiger partial charge in [-0.3, -0.25) is 9.20 Å². The second-order valence-corrected chi connectivity index (χ2v) is 9.33. The van der Waals surface area contributed by atoms with Crippen LogP contribution in [0.5, 0.6) is 0 Å². The molecule has 1 atom stereocenters. The Morgan fingerprint density at radius 1 is 1.14 bits per heavy atom. The molecule has 1 amide bonds. The number of amides is 1. The molecule has 188 valence electrons. The van der Waals surface area contributed by atoms with Crippen LogP contribution in [0.25, 0.3) is 22.7 Å². The van der Waals surface area contributed by atoms with Crippen molar-refractivity contribution in [3.05, 3.63) is 77.6 Å². The molecule has 6 rings (SSSR count). The van der Waals surface area contributed by atoms with Crippen molar-refractivity contribution in [2.24, 2.45) is 5.16 Å². The Labute approximate surface area is 211 Å². The highest BCUT2D eigenvalue weighted by Crippen LogP contribution is 2.40. The van der Waals surface area contributed by atoms with Gasteiger partial charge >= 0.3 is 0 Å². The van der Waals surface area contributed by atoms with Gasteiger partial charge in [0.15, 0.2) is 17.5 Å². The number of allylic oxidation sites excluding steroid dienone is 2. The molecular formula is C27H24F2N6O2. The summed E-state index contributed by atoms with van der Waals surface area (Å²) < 4.78 is 29.8. The van der Waals surface area contributed by atoms with Crippen LogP contribution in [-0.2, 0) is 9.63 Å². The van der Waals surface area contributed by atoms with Gasteiger partial charge in [0.25, 0.3) is 0 Å². The van der Waals surface area contributed by atoms with E-state index in [1.54, 1.807) is 12.4 Å². The van der Waals surface area contributed by atoms with Crippen LogP contribution < -0.4 is 4.90 Å². The van der Waals surface area contributed by atoms with Crippen LogP contribution in [0.2, 0.25) is 0 Å². The molecule has 2 aliphatic heterocycles. The van der Waals surface area contributed by atoms with E-state index < -0.39 is 17.7 Å². The quantitative estimate of drug-likeness (QED) is 0.383. The van der Waals surface area contributed by atoms with Gasteiger partial charge in [0.2, 0.25) is 5.91 Å².